The zero-order valence-electron chi connectivity index (χ0n) is 18.4. The Hall–Kier alpha value is -3.13. The molecule has 0 aliphatic carbocycles. The third-order valence-electron chi connectivity index (χ3n) is 6.20. The Labute approximate surface area is 197 Å². The van der Waals surface area contributed by atoms with E-state index in [-0.39, 0.29) is 17.1 Å². The van der Waals surface area contributed by atoms with Crippen LogP contribution in [0, 0.1) is 12.7 Å². The minimum atomic E-state index is -0.548. The summed E-state index contributed by atoms with van der Waals surface area (Å²) in [6.07, 6.45) is 1.18. The van der Waals surface area contributed by atoms with Crippen molar-refractivity contribution in [1.29, 1.82) is 0 Å². The zero-order valence-corrected chi connectivity index (χ0v) is 19.1. The van der Waals surface area contributed by atoms with E-state index in [2.05, 4.69) is 5.32 Å². The lowest BCUT2D eigenvalue weighted by molar-refractivity contribution is -0.158. The molecule has 0 aromatic heterocycles. The van der Waals surface area contributed by atoms with E-state index in [0.29, 0.717) is 51.3 Å². The number of carbonyl (C=O) groups excluding carboxylic acids is 3. The Bertz CT molecular complexity index is 1050. The number of piperazine rings is 1. The predicted octanol–water partition coefficient (Wildman–Crippen LogP) is 3.65. The molecule has 7 nitrogen and oxygen atoms in total. The van der Waals surface area contributed by atoms with Crippen molar-refractivity contribution in [3.8, 4) is 0 Å². The van der Waals surface area contributed by atoms with E-state index < -0.39 is 17.6 Å². The average molecular weight is 473 g/mol. The molecule has 2 heterocycles. The second kappa shape index (κ2) is 9.79. The maximum atomic E-state index is 13.3. The summed E-state index contributed by atoms with van der Waals surface area (Å²) in [7, 11) is 0. The first-order chi connectivity index (χ1) is 15.8. The molecule has 0 bridgehead atoms. The molecule has 0 atom stereocenters. The standard InChI is InChI=1S/C24H26ClFN4O3/c1-16-2-4-17(5-3-16)15-29-12-13-30(23(32)22(29)31)19-8-10-28(11-9-19)24(33)27-18-6-7-21(26)20(25)14-18/h2-7,14,19H,8-13,15H2,1H3,(H,27,33). The average Bonchev–Trinajstić information content (AvgIpc) is 2.81. The molecule has 1 N–H and O–H groups in total. The fourth-order valence-corrected chi connectivity index (χ4v) is 4.44. The number of likely N-dealkylation sites (tertiary alicyclic amines) is 1. The highest BCUT2D eigenvalue weighted by Crippen LogP contribution is 2.23. The maximum Gasteiger partial charge on any atom is 0.321 e. The Morgan fingerprint density at radius 2 is 1.73 bits per heavy atom. The molecule has 33 heavy (non-hydrogen) atoms. The van der Waals surface area contributed by atoms with Crippen LogP contribution in [0.25, 0.3) is 0 Å². The van der Waals surface area contributed by atoms with Crippen molar-refractivity contribution >= 4 is 35.1 Å². The van der Waals surface area contributed by atoms with Crippen LogP contribution in [0.2, 0.25) is 5.02 Å². The van der Waals surface area contributed by atoms with E-state index in [0.717, 1.165) is 11.1 Å². The lowest BCUT2D eigenvalue weighted by Crippen LogP contribution is -2.59. The Morgan fingerprint density at radius 3 is 2.39 bits per heavy atom. The molecule has 0 radical (unpaired) electrons. The molecule has 4 amide bonds. The maximum absolute atomic E-state index is 13.3. The molecule has 0 spiro atoms. The molecule has 2 aromatic rings. The molecule has 174 valence electrons. The molecular weight excluding hydrogens is 447 g/mol. The number of anilines is 1. The summed E-state index contributed by atoms with van der Waals surface area (Å²) in [5, 5.41) is 2.66. The van der Waals surface area contributed by atoms with Crippen LogP contribution in [0.15, 0.2) is 42.5 Å². The number of nitrogens with zero attached hydrogens (tertiary/aromatic N) is 3. The van der Waals surface area contributed by atoms with E-state index in [9.17, 15) is 18.8 Å². The monoisotopic (exact) mass is 472 g/mol. The Kier molecular flexibility index (Phi) is 6.83. The highest BCUT2D eigenvalue weighted by atomic mass is 35.5. The fraction of sp³-hybridized carbons (Fsp3) is 0.375. The zero-order chi connectivity index (χ0) is 23.5. The van der Waals surface area contributed by atoms with Gasteiger partial charge in [-0.3, -0.25) is 9.59 Å². The number of rotatable bonds is 4. The molecule has 2 fully saturated rings. The summed E-state index contributed by atoms with van der Waals surface area (Å²) < 4.78 is 13.3. The first-order valence-electron chi connectivity index (χ1n) is 11.0. The quantitative estimate of drug-likeness (QED) is 0.690. The number of benzene rings is 2. The van der Waals surface area contributed by atoms with Crippen LogP contribution in [-0.4, -0.2) is 64.8 Å². The number of urea groups is 1. The van der Waals surface area contributed by atoms with Gasteiger partial charge in [-0.05, 0) is 43.5 Å². The number of nitrogens with one attached hydrogen (secondary N) is 1. The van der Waals surface area contributed by atoms with Crippen molar-refractivity contribution < 1.29 is 18.8 Å². The minimum absolute atomic E-state index is 0.0591. The van der Waals surface area contributed by atoms with E-state index in [1.54, 1.807) is 14.7 Å². The number of hydrogen-bond donors (Lipinski definition) is 1. The van der Waals surface area contributed by atoms with Gasteiger partial charge in [0.15, 0.2) is 0 Å². The Morgan fingerprint density at radius 1 is 1.03 bits per heavy atom. The second-order valence-electron chi connectivity index (χ2n) is 8.49. The van der Waals surface area contributed by atoms with Crippen molar-refractivity contribution in [3.63, 3.8) is 0 Å². The molecule has 2 aliphatic rings. The highest BCUT2D eigenvalue weighted by molar-refractivity contribution is 6.35. The van der Waals surface area contributed by atoms with Crippen LogP contribution < -0.4 is 5.32 Å². The van der Waals surface area contributed by atoms with Gasteiger partial charge in [0.25, 0.3) is 0 Å². The summed E-state index contributed by atoms with van der Waals surface area (Å²) in [6, 6.07) is 11.6. The van der Waals surface area contributed by atoms with Gasteiger partial charge < -0.3 is 20.0 Å². The SMILES string of the molecule is Cc1ccc(CN2CCN(C3CCN(C(=O)Nc4ccc(F)c(Cl)c4)CC3)C(=O)C2=O)cc1. The fourth-order valence-electron chi connectivity index (χ4n) is 4.26. The first kappa shape index (κ1) is 23.0. The summed E-state index contributed by atoms with van der Waals surface area (Å²) in [4.78, 5) is 42.9. The summed E-state index contributed by atoms with van der Waals surface area (Å²) in [5.74, 6) is -1.50. The van der Waals surface area contributed by atoms with Crippen LogP contribution in [0.5, 0.6) is 0 Å². The molecule has 2 aliphatic heterocycles. The van der Waals surface area contributed by atoms with Gasteiger partial charge in [0.05, 0.1) is 5.02 Å². The molecule has 2 aromatic carbocycles. The normalized spacial score (nSPS) is 17.5. The molecular formula is C24H26ClFN4O3. The van der Waals surface area contributed by atoms with Gasteiger partial charge in [-0.2, -0.15) is 0 Å². The number of halogens is 2. The molecule has 2 saturated heterocycles. The first-order valence-corrected chi connectivity index (χ1v) is 11.4. The largest absolute Gasteiger partial charge is 0.330 e. The van der Waals surface area contributed by atoms with E-state index in [1.807, 2.05) is 31.2 Å². The lowest BCUT2D eigenvalue weighted by Gasteiger charge is -2.42. The van der Waals surface area contributed by atoms with Gasteiger partial charge in [-0.1, -0.05) is 41.4 Å². The van der Waals surface area contributed by atoms with Crippen molar-refractivity contribution in [3.05, 3.63) is 64.4 Å². The van der Waals surface area contributed by atoms with E-state index in [4.69, 9.17) is 11.6 Å². The van der Waals surface area contributed by atoms with Crippen LogP contribution >= 0.6 is 11.6 Å². The number of hydrogen-bond acceptors (Lipinski definition) is 3. The van der Waals surface area contributed by atoms with Crippen LogP contribution in [-0.2, 0) is 16.1 Å². The van der Waals surface area contributed by atoms with Crippen LogP contribution in [0.4, 0.5) is 14.9 Å². The van der Waals surface area contributed by atoms with Crippen LogP contribution in [0.3, 0.4) is 0 Å². The number of amides is 4. The van der Waals surface area contributed by atoms with Crippen molar-refractivity contribution in [2.75, 3.05) is 31.5 Å². The highest BCUT2D eigenvalue weighted by Gasteiger charge is 2.38. The van der Waals surface area contributed by atoms with Gasteiger partial charge in [0, 0.05) is 44.5 Å². The molecule has 9 heteroatoms. The number of aryl methyl sites for hydroxylation is 1. The van der Waals surface area contributed by atoms with E-state index >= 15 is 0 Å². The lowest BCUT2D eigenvalue weighted by atomic mass is 10.0. The van der Waals surface area contributed by atoms with Crippen LogP contribution in [0.1, 0.15) is 24.0 Å². The molecule has 0 saturated carbocycles. The third-order valence-corrected chi connectivity index (χ3v) is 6.49. The minimum Gasteiger partial charge on any atom is -0.330 e. The van der Waals surface area contributed by atoms with Gasteiger partial charge in [-0.25, -0.2) is 9.18 Å². The van der Waals surface area contributed by atoms with E-state index in [1.165, 1.54) is 18.2 Å². The third kappa shape index (κ3) is 5.27. The van der Waals surface area contributed by atoms with Gasteiger partial charge >= 0.3 is 17.8 Å². The smallest absolute Gasteiger partial charge is 0.321 e. The number of carbonyl (C=O) groups is 3. The van der Waals surface area contributed by atoms with Gasteiger partial charge in [0.1, 0.15) is 5.82 Å². The van der Waals surface area contributed by atoms with Crippen molar-refractivity contribution in [2.45, 2.75) is 32.4 Å². The second-order valence-corrected chi connectivity index (χ2v) is 8.90. The predicted molar refractivity (Wildman–Crippen MR) is 123 cm³/mol. The molecule has 0 unspecified atom stereocenters. The topological polar surface area (TPSA) is 73.0 Å². The molecule has 4 rings (SSSR count). The Balaban J connectivity index is 1.29. The van der Waals surface area contributed by atoms with Gasteiger partial charge in [-0.15, -0.1) is 0 Å². The summed E-state index contributed by atoms with van der Waals surface area (Å²) in [5.41, 5.74) is 2.56. The van der Waals surface area contributed by atoms with Gasteiger partial charge in [0.2, 0.25) is 0 Å². The van der Waals surface area contributed by atoms with Crippen molar-refractivity contribution in [2.24, 2.45) is 0 Å². The van der Waals surface area contributed by atoms with Crippen molar-refractivity contribution in [1.82, 2.24) is 14.7 Å². The number of piperidine rings is 1. The summed E-state index contributed by atoms with van der Waals surface area (Å²) >= 11 is 5.77. The summed E-state index contributed by atoms with van der Waals surface area (Å²) in [6.45, 7) is 4.31.